The molecule has 2 rings (SSSR count). The molecule has 0 fully saturated rings. The molecular formula is C12H12Cl2N2O. The van der Waals surface area contributed by atoms with E-state index in [-0.39, 0.29) is 0 Å². The van der Waals surface area contributed by atoms with Gasteiger partial charge in [-0.05, 0) is 19.1 Å². The van der Waals surface area contributed by atoms with Crippen LogP contribution in [0.3, 0.4) is 0 Å². The first-order chi connectivity index (χ1) is 8.15. The third kappa shape index (κ3) is 2.32. The zero-order valence-electron chi connectivity index (χ0n) is 9.27. The molecule has 1 atom stereocenters. The van der Waals surface area contributed by atoms with Crippen molar-refractivity contribution in [2.45, 2.75) is 19.6 Å². The van der Waals surface area contributed by atoms with Crippen LogP contribution < -0.4 is 0 Å². The molecule has 5 heteroatoms. The van der Waals surface area contributed by atoms with Crippen LogP contribution in [0.1, 0.15) is 24.3 Å². The van der Waals surface area contributed by atoms with Gasteiger partial charge in [0, 0.05) is 18.3 Å². The van der Waals surface area contributed by atoms with Crippen molar-refractivity contribution in [1.29, 1.82) is 0 Å². The molecule has 1 unspecified atom stereocenters. The number of aryl methyl sites for hydroxylation is 1. The highest BCUT2D eigenvalue weighted by Crippen LogP contribution is 2.32. The van der Waals surface area contributed by atoms with Crippen molar-refractivity contribution in [1.82, 2.24) is 9.78 Å². The van der Waals surface area contributed by atoms with Crippen LogP contribution in [0, 0.1) is 0 Å². The van der Waals surface area contributed by atoms with Crippen LogP contribution in [0.4, 0.5) is 0 Å². The quantitative estimate of drug-likeness (QED) is 0.930. The van der Waals surface area contributed by atoms with Gasteiger partial charge in [-0.1, -0.05) is 35.3 Å². The number of rotatable bonds is 3. The minimum atomic E-state index is -0.816. The SMILES string of the molecule is CCn1nccc1C(O)c1cccc(Cl)c1Cl. The molecule has 2 aromatic rings. The summed E-state index contributed by atoms with van der Waals surface area (Å²) in [6, 6.07) is 6.98. The van der Waals surface area contributed by atoms with Crippen molar-refractivity contribution < 1.29 is 5.11 Å². The molecule has 0 radical (unpaired) electrons. The Labute approximate surface area is 110 Å². The smallest absolute Gasteiger partial charge is 0.122 e. The molecule has 1 N–H and O–H groups in total. The molecule has 0 spiro atoms. The van der Waals surface area contributed by atoms with Gasteiger partial charge < -0.3 is 5.11 Å². The van der Waals surface area contributed by atoms with E-state index in [0.29, 0.717) is 27.8 Å². The topological polar surface area (TPSA) is 38.0 Å². The Morgan fingerprint density at radius 1 is 1.35 bits per heavy atom. The lowest BCUT2D eigenvalue weighted by atomic mass is 10.1. The summed E-state index contributed by atoms with van der Waals surface area (Å²) in [4.78, 5) is 0. The largest absolute Gasteiger partial charge is 0.382 e. The molecule has 90 valence electrons. The van der Waals surface area contributed by atoms with Crippen LogP contribution in [0.2, 0.25) is 10.0 Å². The lowest BCUT2D eigenvalue weighted by molar-refractivity contribution is 0.208. The van der Waals surface area contributed by atoms with Crippen molar-refractivity contribution >= 4 is 23.2 Å². The van der Waals surface area contributed by atoms with Crippen LogP contribution in [-0.2, 0) is 6.54 Å². The van der Waals surface area contributed by atoms with E-state index in [9.17, 15) is 5.11 Å². The maximum Gasteiger partial charge on any atom is 0.122 e. The zero-order chi connectivity index (χ0) is 12.4. The Kier molecular flexibility index (Phi) is 3.72. The third-order valence-corrected chi connectivity index (χ3v) is 3.44. The molecule has 1 heterocycles. The maximum atomic E-state index is 10.3. The number of aromatic nitrogens is 2. The van der Waals surface area contributed by atoms with Crippen LogP contribution in [0.25, 0.3) is 0 Å². The van der Waals surface area contributed by atoms with Gasteiger partial charge in [-0.15, -0.1) is 0 Å². The predicted molar refractivity (Wildman–Crippen MR) is 68.4 cm³/mol. The molecule has 17 heavy (non-hydrogen) atoms. The average Bonchev–Trinajstić information content (AvgIpc) is 2.80. The van der Waals surface area contributed by atoms with E-state index in [2.05, 4.69) is 5.10 Å². The fraction of sp³-hybridized carbons (Fsp3) is 0.250. The third-order valence-electron chi connectivity index (χ3n) is 2.61. The average molecular weight is 271 g/mol. The van der Waals surface area contributed by atoms with Gasteiger partial charge in [-0.2, -0.15) is 5.10 Å². The molecule has 0 saturated heterocycles. The highest BCUT2D eigenvalue weighted by Gasteiger charge is 2.18. The summed E-state index contributed by atoms with van der Waals surface area (Å²) in [6.07, 6.45) is 0.837. The van der Waals surface area contributed by atoms with Crippen molar-refractivity contribution in [2.75, 3.05) is 0 Å². The van der Waals surface area contributed by atoms with Crippen molar-refractivity contribution in [2.24, 2.45) is 0 Å². The van der Waals surface area contributed by atoms with Crippen molar-refractivity contribution in [3.05, 3.63) is 51.8 Å². The number of benzene rings is 1. The first-order valence-corrected chi connectivity index (χ1v) is 6.04. The van der Waals surface area contributed by atoms with Crippen LogP contribution in [0.5, 0.6) is 0 Å². The summed E-state index contributed by atoms with van der Waals surface area (Å²) in [7, 11) is 0. The fourth-order valence-corrected chi connectivity index (χ4v) is 2.14. The maximum absolute atomic E-state index is 10.3. The Morgan fingerprint density at radius 2 is 2.12 bits per heavy atom. The first kappa shape index (κ1) is 12.4. The molecule has 0 aliphatic carbocycles. The molecule has 0 amide bonds. The summed E-state index contributed by atoms with van der Waals surface area (Å²) in [5.41, 5.74) is 1.30. The summed E-state index contributed by atoms with van der Waals surface area (Å²) in [5, 5.41) is 15.2. The summed E-state index contributed by atoms with van der Waals surface area (Å²) in [6.45, 7) is 2.65. The molecule has 1 aromatic carbocycles. The van der Waals surface area contributed by atoms with Crippen molar-refractivity contribution in [3.8, 4) is 0 Å². The second kappa shape index (κ2) is 5.08. The van der Waals surface area contributed by atoms with E-state index in [1.165, 1.54) is 0 Å². The van der Waals surface area contributed by atoms with E-state index < -0.39 is 6.10 Å². The van der Waals surface area contributed by atoms with Crippen LogP contribution in [-0.4, -0.2) is 14.9 Å². The van der Waals surface area contributed by atoms with E-state index >= 15 is 0 Å². The van der Waals surface area contributed by atoms with E-state index in [1.807, 2.05) is 6.92 Å². The fourth-order valence-electron chi connectivity index (χ4n) is 1.73. The summed E-state index contributed by atoms with van der Waals surface area (Å²) < 4.78 is 1.72. The molecule has 0 bridgehead atoms. The first-order valence-electron chi connectivity index (χ1n) is 5.28. The summed E-state index contributed by atoms with van der Waals surface area (Å²) >= 11 is 12.0. The molecule has 0 aliphatic rings. The number of halogens is 2. The summed E-state index contributed by atoms with van der Waals surface area (Å²) in [5.74, 6) is 0. The lowest BCUT2D eigenvalue weighted by Crippen LogP contribution is -2.09. The molecule has 0 saturated carbocycles. The van der Waals surface area contributed by atoms with E-state index in [1.54, 1.807) is 35.1 Å². The highest BCUT2D eigenvalue weighted by molar-refractivity contribution is 6.42. The predicted octanol–water partition coefficient (Wildman–Crippen LogP) is 3.29. The van der Waals surface area contributed by atoms with Gasteiger partial charge in [0.05, 0.1) is 15.7 Å². The van der Waals surface area contributed by atoms with Gasteiger partial charge >= 0.3 is 0 Å². The molecular weight excluding hydrogens is 259 g/mol. The number of hydrogen-bond donors (Lipinski definition) is 1. The van der Waals surface area contributed by atoms with E-state index in [0.717, 1.165) is 0 Å². The highest BCUT2D eigenvalue weighted by atomic mass is 35.5. The Hall–Kier alpha value is -1.03. The van der Waals surface area contributed by atoms with Gasteiger partial charge in [-0.3, -0.25) is 4.68 Å². The molecule has 3 nitrogen and oxygen atoms in total. The minimum Gasteiger partial charge on any atom is -0.382 e. The lowest BCUT2D eigenvalue weighted by Gasteiger charge is -2.14. The zero-order valence-corrected chi connectivity index (χ0v) is 10.8. The number of aliphatic hydroxyl groups is 1. The second-order valence-corrected chi connectivity index (χ2v) is 4.40. The van der Waals surface area contributed by atoms with Gasteiger partial charge in [0.2, 0.25) is 0 Å². The van der Waals surface area contributed by atoms with Crippen molar-refractivity contribution in [3.63, 3.8) is 0 Å². The standard InChI is InChI=1S/C12H12Cl2N2O/c1-2-16-10(6-7-15-16)12(17)8-4-3-5-9(13)11(8)14/h3-7,12,17H,2H2,1H3. The Bertz CT molecular complexity index is 525. The number of aliphatic hydroxyl groups excluding tert-OH is 1. The minimum absolute atomic E-state index is 0.380. The Balaban J connectivity index is 2.44. The normalized spacial score (nSPS) is 12.7. The van der Waals surface area contributed by atoms with Crippen LogP contribution >= 0.6 is 23.2 Å². The molecule has 0 aliphatic heterocycles. The van der Waals surface area contributed by atoms with Gasteiger partial charge in [-0.25, -0.2) is 0 Å². The van der Waals surface area contributed by atoms with Crippen LogP contribution in [0.15, 0.2) is 30.5 Å². The number of hydrogen-bond acceptors (Lipinski definition) is 2. The van der Waals surface area contributed by atoms with Gasteiger partial charge in [0.15, 0.2) is 0 Å². The van der Waals surface area contributed by atoms with Gasteiger partial charge in [0.1, 0.15) is 6.10 Å². The monoisotopic (exact) mass is 270 g/mol. The second-order valence-electron chi connectivity index (χ2n) is 3.62. The molecule has 1 aromatic heterocycles. The van der Waals surface area contributed by atoms with E-state index in [4.69, 9.17) is 23.2 Å². The number of nitrogens with zero attached hydrogens (tertiary/aromatic N) is 2. The Morgan fingerprint density at radius 3 is 2.82 bits per heavy atom. The van der Waals surface area contributed by atoms with Gasteiger partial charge in [0.25, 0.3) is 0 Å².